The van der Waals surface area contributed by atoms with Crippen molar-refractivity contribution in [3.05, 3.63) is 42.5 Å². The summed E-state index contributed by atoms with van der Waals surface area (Å²) in [5.74, 6) is 0.0763. The fourth-order valence-corrected chi connectivity index (χ4v) is 4.16. The number of carbonyl (C=O) groups excluding carboxylic acids is 1. The Morgan fingerprint density at radius 1 is 1.07 bits per heavy atom. The lowest BCUT2D eigenvalue weighted by Gasteiger charge is -2.18. The summed E-state index contributed by atoms with van der Waals surface area (Å²) in [6.45, 7) is 3.41. The number of sulfonamides is 1. The maximum atomic E-state index is 12.7. The molecule has 0 bridgehead atoms. The number of nitrogens with zero attached hydrogens (tertiary/aromatic N) is 1. The fourth-order valence-electron chi connectivity index (χ4n) is 3.07. The molecule has 1 amide bonds. The van der Waals surface area contributed by atoms with Crippen molar-refractivity contribution in [1.82, 2.24) is 0 Å². The zero-order valence-electron chi connectivity index (χ0n) is 15.4. The van der Waals surface area contributed by atoms with Crippen LogP contribution in [0.3, 0.4) is 0 Å². The Labute approximate surface area is 159 Å². The topological polar surface area (TPSA) is 87.7 Å². The Kier molecular flexibility index (Phi) is 5.55. The normalized spacial score (nSPS) is 14.1. The molecule has 1 aliphatic heterocycles. The van der Waals surface area contributed by atoms with Gasteiger partial charge in [-0.2, -0.15) is 0 Å². The van der Waals surface area contributed by atoms with Crippen LogP contribution in [0.15, 0.2) is 47.4 Å². The summed E-state index contributed by atoms with van der Waals surface area (Å²) in [5, 5.41) is 2.58. The van der Waals surface area contributed by atoms with Gasteiger partial charge in [0.15, 0.2) is 0 Å². The lowest BCUT2D eigenvalue weighted by molar-refractivity contribution is -0.114. The van der Waals surface area contributed by atoms with E-state index in [4.69, 9.17) is 4.74 Å². The molecule has 0 atom stereocenters. The molecule has 1 fully saturated rings. The highest BCUT2D eigenvalue weighted by Gasteiger charge is 2.18. The van der Waals surface area contributed by atoms with Gasteiger partial charge >= 0.3 is 0 Å². The zero-order valence-corrected chi connectivity index (χ0v) is 16.2. The Bertz CT molecular complexity index is 920. The number of benzene rings is 2. The minimum Gasteiger partial charge on any atom is -0.495 e. The maximum absolute atomic E-state index is 12.7. The first-order valence-electron chi connectivity index (χ1n) is 8.72. The molecule has 8 heteroatoms. The molecule has 0 spiro atoms. The summed E-state index contributed by atoms with van der Waals surface area (Å²) < 4.78 is 33.1. The largest absolute Gasteiger partial charge is 0.495 e. The first kappa shape index (κ1) is 19.0. The van der Waals surface area contributed by atoms with Gasteiger partial charge in [-0.1, -0.05) is 0 Å². The van der Waals surface area contributed by atoms with Crippen molar-refractivity contribution in [2.45, 2.75) is 24.7 Å². The molecule has 144 valence electrons. The summed E-state index contributed by atoms with van der Waals surface area (Å²) in [6, 6.07) is 11.7. The van der Waals surface area contributed by atoms with E-state index >= 15 is 0 Å². The monoisotopic (exact) mass is 389 g/mol. The third-order valence-electron chi connectivity index (χ3n) is 4.38. The molecule has 2 N–H and O–H groups in total. The van der Waals surface area contributed by atoms with E-state index < -0.39 is 10.0 Å². The third-order valence-corrected chi connectivity index (χ3v) is 5.76. The van der Waals surface area contributed by atoms with Crippen LogP contribution < -0.4 is 19.7 Å². The second-order valence-corrected chi connectivity index (χ2v) is 8.07. The maximum Gasteiger partial charge on any atom is 0.261 e. The van der Waals surface area contributed by atoms with Crippen LogP contribution in [-0.4, -0.2) is 34.5 Å². The molecule has 0 saturated carbocycles. The van der Waals surface area contributed by atoms with Crippen LogP contribution >= 0.6 is 0 Å². The predicted molar refractivity (Wildman–Crippen MR) is 106 cm³/mol. The quantitative estimate of drug-likeness (QED) is 0.793. The Morgan fingerprint density at radius 2 is 1.74 bits per heavy atom. The van der Waals surface area contributed by atoms with E-state index in [0.717, 1.165) is 18.8 Å². The minimum atomic E-state index is -3.80. The summed E-state index contributed by atoms with van der Waals surface area (Å²) in [4.78, 5) is 13.7. The fraction of sp³-hybridized carbons (Fsp3) is 0.316. The molecule has 0 aromatic heterocycles. The van der Waals surface area contributed by atoms with Crippen LogP contribution in [0.1, 0.15) is 19.8 Å². The number of amides is 1. The van der Waals surface area contributed by atoms with Crippen molar-refractivity contribution in [1.29, 1.82) is 0 Å². The van der Waals surface area contributed by atoms with Crippen molar-refractivity contribution < 1.29 is 17.9 Å². The van der Waals surface area contributed by atoms with E-state index in [1.165, 1.54) is 45.1 Å². The summed E-state index contributed by atoms with van der Waals surface area (Å²) in [6.07, 6.45) is 2.37. The van der Waals surface area contributed by atoms with Gasteiger partial charge < -0.3 is 15.0 Å². The minimum absolute atomic E-state index is 0.0377. The van der Waals surface area contributed by atoms with Gasteiger partial charge in [0.05, 0.1) is 17.7 Å². The number of hydrogen-bond acceptors (Lipinski definition) is 5. The molecule has 1 saturated heterocycles. The summed E-state index contributed by atoms with van der Waals surface area (Å²) in [7, 11) is -2.35. The van der Waals surface area contributed by atoms with Gasteiger partial charge in [-0.3, -0.25) is 9.52 Å². The number of rotatable bonds is 6. The smallest absolute Gasteiger partial charge is 0.261 e. The van der Waals surface area contributed by atoms with Crippen molar-refractivity contribution >= 4 is 33.0 Å². The van der Waals surface area contributed by atoms with Gasteiger partial charge in [-0.25, -0.2) is 8.42 Å². The van der Waals surface area contributed by atoms with Gasteiger partial charge in [0.1, 0.15) is 5.75 Å². The molecule has 2 aromatic rings. The molecule has 3 rings (SSSR count). The van der Waals surface area contributed by atoms with Gasteiger partial charge in [-0.15, -0.1) is 0 Å². The van der Waals surface area contributed by atoms with Gasteiger partial charge in [0.25, 0.3) is 10.0 Å². The van der Waals surface area contributed by atoms with Crippen LogP contribution in [0.5, 0.6) is 5.75 Å². The number of hydrogen-bond donors (Lipinski definition) is 2. The van der Waals surface area contributed by atoms with Crippen LogP contribution in [0, 0.1) is 0 Å². The Morgan fingerprint density at radius 3 is 2.33 bits per heavy atom. The standard InChI is InChI=1S/C19H23N3O4S/c1-14(23)20-18-13-17(9-10-19(18)26-2)27(24,25)21-15-5-7-16(8-6-15)22-11-3-4-12-22/h5-10,13,21H,3-4,11-12H2,1-2H3,(H,20,23). The van der Waals surface area contributed by atoms with Gasteiger partial charge in [-0.05, 0) is 55.3 Å². The SMILES string of the molecule is COc1ccc(S(=O)(=O)Nc2ccc(N3CCCC3)cc2)cc1NC(C)=O. The van der Waals surface area contributed by atoms with Crippen LogP contribution in [-0.2, 0) is 14.8 Å². The molecule has 27 heavy (non-hydrogen) atoms. The zero-order chi connectivity index (χ0) is 19.4. The second-order valence-electron chi connectivity index (χ2n) is 6.39. The Balaban J connectivity index is 1.80. The molecule has 0 aliphatic carbocycles. The molecular weight excluding hydrogens is 366 g/mol. The lowest BCUT2D eigenvalue weighted by atomic mass is 10.2. The molecule has 7 nitrogen and oxygen atoms in total. The molecule has 1 heterocycles. The van der Waals surface area contributed by atoms with E-state index in [9.17, 15) is 13.2 Å². The lowest BCUT2D eigenvalue weighted by Crippen LogP contribution is -2.17. The van der Waals surface area contributed by atoms with E-state index in [1.54, 1.807) is 12.1 Å². The number of nitrogens with one attached hydrogen (secondary N) is 2. The molecule has 1 aliphatic rings. The van der Waals surface area contributed by atoms with Crippen LogP contribution in [0.25, 0.3) is 0 Å². The van der Waals surface area contributed by atoms with E-state index in [2.05, 4.69) is 14.9 Å². The van der Waals surface area contributed by atoms with Crippen molar-refractivity contribution in [3.8, 4) is 5.75 Å². The highest BCUT2D eigenvalue weighted by Crippen LogP contribution is 2.29. The summed E-state index contributed by atoms with van der Waals surface area (Å²) >= 11 is 0. The van der Waals surface area contributed by atoms with Crippen molar-refractivity contribution in [2.75, 3.05) is 35.1 Å². The average Bonchev–Trinajstić information content (AvgIpc) is 3.16. The van der Waals surface area contributed by atoms with Gasteiger partial charge in [0, 0.05) is 31.4 Å². The Hall–Kier alpha value is -2.74. The van der Waals surface area contributed by atoms with Gasteiger partial charge in [0.2, 0.25) is 5.91 Å². The number of carbonyl (C=O) groups is 1. The molecule has 0 unspecified atom stereocenters. The van der Waals surface area contributed by atoms with Crippen LogP contribution in [0.2, 0.25) is 0 Å². The number of ether oxygens (including phenoxy) is 1. The highest BCUT2D eigenvalue weighted by molar-refractivity contribution is 7.92. The average molecular weight is 389 g/mol. The first-order chi connectivity index (χ1) is 12.9. The van der Waals surface area contributed by atoms with Crippen molar-refractivity contribution in [2.24, 2.45) is 0 Å². The summed E-state index contributed by atoms with van der Waals surface area (Å²) in [5.41, 5.74) is 1.87. The van der Waals surface area contributed by atoms with E-state index in [0.29, 0.717) is 17.1 Å². The molecule has 0 radical (unpaired) electrons. The number of methoxy groups -OCH3 is 1. The van der Waals surface area contributed by atoms with Crippen molar-refractivity contribution in [3.63, 3.8) is 0 Å². The third kappa shape index (κ3) is 4.51. The second kappa shape index (κ2) is 7.87. The first-order valence-corrected chi connectivity index (χ1v) is 10.2. The van der Waals surface area contributed by atoms with E-state index in [-0.39, 0.29) is 10.8 Å². The highest BCUT2D eigenvalue weighted by atomic mass is 32.2. The predicted octanol–water partition coefficient (Wildman–Crippen LogP) is 3.05. The van der Waals surface area contributed by atoms with Crippen LogP contribution in [0.4, 0.5) is 17.1 Å². The molecular formula is C19H23N3O4S. The van der Waals surface area contributed by atoms with E-state index in [1.807, 2.05) is 12.1 Å². The number of anilines is 3. The molecule has 2 aromatic carbocycles.